The highest BCUT2D eigenvalue weighted by Gasteiger charge is 2.39. The normalized spacial score (nSPS) is 31.7. The molecule has 3 unspecified atom stereocenters. The number of carbonyl (C=O) groups excluding carboxylic acids is 1. The third-order valence-electron chi connectivity index (χ3n) is 3.76. The second kappa shape index (κ2) is 5.55. The van der Waals surface area contributed by atoms with Gasteiger partial charge in [0.2, 0.25) is 5.91 Å². The lowest BCUT2D eigenvalue weighted by molar-refractivity contribution is -0.124. The zero-order valence-electron chi connectivity index (χ0n) is 11.3. The van der Waals surface area contributed by atoms with Gasteiger partial charge in [-0.3, -0.25) is 9.69 Å². The molecule has 5 heteroatoms. The van der Waals surface area contributed by atoms with E-state index in [-0.39, 0.29) is 11.8 Å². The molecule has 3 atom stereocenters. The van der Waals surface area contributed by atoms with Gasteiger partial charge in [0, 0.05) is 32.1 Å². The van der Waals surface area contributed by atoms with Crippen molar-refractivity contribution in [2.75, 3.05) is 39.4 Å². The summed E-state index contributed by atoms with van der Waals surface area (Å²) in [6, 6.07) is 0. The number of hydrogen-bond acceptors (Lipinski definition) is 4. The van der Waals surface area contributed by atoms with Crippen molar-refractivity contribution in [1.82, 2.24) is 10.2 Å². The van der Waals surface area contributed by atoms with Crippen LogP contribution in [0, 0.1) is 11.8 Å². The third kappa shape index (κ3) is 3.93. The molecule has 0 radical (unpaired) electrons. The number of morpholine rings is 1. The number of nitrogens with one attached hydrogen (secondary N) is 1. The van der Waals surface area contributed by atoms with Crippen molar-refractivity contribution in [2.24, 2.45) is 11.8 Å². The lowest BCUT2D eigenvalue weighted by atomic mass is 10.1. The van der Waals surface area contributed by atoms with Gasteiger partial charge in [-0.2, -0.15) is 0 Å². The largest absolute Gasteiger partial charge is 0.387 e. The maximum Gasteiger partial charge on any atom is 0.223 e. The number of β-amino-alcohol motifs (C(OH)–C–C–N with tert-alkyl or cyclic N) is 1. The quantitative estimate of drug-likeness (QED) is 0.717. The molecule has 1 saturated carbocycles. The fourth-order valence-corrected chi connectivity index (χ4v) is 2.39. The molecule has 1 saturated heterocycles. The highest BCUT2D eigenvalue weighted by Crippen LogP contribution is 2.37. The molecule has 18 heavy (non-hydrogen) atoms. The molecular weight excluding hydrogens is 232 g/mol. The van der Waals surface area contributed by atoms with Gasteiger partial charge in [-0.15, -0.1) is 0 Å². The summed E-state index contributed by atoms with van der Waals surface area (Å²) in [4.78, 5) is 13.9. The van der Waals surface area contributed by atoms with Crippen LogP contribution in [0.15, 0.2) is 0 Å². The molecule has 5 nitrogen and oxygen atoms in total. The van der Waals surface area contributed by atoms with E-state index in [1.165, 1.54) is 0 Å². The van der Waals surface area contributed by atoms with Crippen molar-refractivity contribution in [2.45, 2.75) is 25.9 Å². The van der Waals surface area contributed by atoms with Crippen molar-refractivity contribution in [3.8, 4) is 0 Å². The van der Waals surface area contributed by atoms with Gasteiger partial charge in [0.15, 0.2) is 0 Å². The van der Waals surface area contributed by atoms with E-state index in [1.54, 1.807) is 6.92 Å². The molecule has 0 aromatic heterocycles. The van der Waals surface area contributed by atoms with Crippen LogP contribution >= 0.6 is 0 Å². The van der Waals surface area contributed by atoms with Crippen molar-refractivity contribution >= 4 is 5.91 Å². The molecule has 1 aliphatic carbocycles. The average Bonchev–Trinajstić information content (AvgIpc) is 3.04. The Morgan fingerprint density at radius 3 is 2.67 bits per heavy atom. The highest BCUT2D eigenvalue weighted by atomic mass is 16.5. The summed E-state index contributed by atoms with van der Waals surface area (Å²) in [5.74, 6) is 0.767. The van der Waals surface area contributed by atoms with Crippen LogP contribution in [0.2, 0.25) is 0 Å². The molecule has 2 rings (SSSR count). The second-order valence-corrected chi connectivity index (χ2v) is 5.92. The number of rotatable bonds is 5. The van der Waals surface area contributed by atoms with Gasteiger partial charge in [-0.1, -0.05) is 6.92 Å². The molecule has 0 aromatic carbocycles. The van der Waals surface area contributed by atoms with Crippen LogP contribution in [0.3, 0.4) is 0 Å². The van der Waals surface area contributed by atoms with E-state index < -0.39 is 5.60 Å². The summed E-state index contributed by atoms with van der Waals surface area (Å²) in [7, 11) is 0. The van der Waals surface area contributed by atoms with Gasteiger partial charge in [0.25, 0.3) is 0 Å². The SMILES string of the molecule is CC1CC1C(=O)NCC(C)(O)CN1CCOCC1. The highest BCUT2D eigenvalue weighted by molar-refractivity contribution is 5.81. The number of ether oxygens (including phenoxy) is 1. The average molecular weight is 256 g/mol. The van der Waals surface area contributed by atoms with E-state index in [0.717, 1.165) is 32.7 Å². The predicted octanol–water partition coefficient (Wildman–Crippen LogP) is -0.158. The van der Waals surface area contributed by atoms with Gasteiger partial charge in [-0.05, 0) is 19.3 Å². The molecule has 0 bridgehead atoms. The lowest BCUT2D eigenvalue weighted by Crippen LogP contribution is -2.51. The Hall–Kier alpha value is -0.650. The second-order valence-electron chi connectivity index (χ2n) is 5.92. The van der Waals surface area contributed by atoms with Crippen molar-refractivity contribution in [1.29, 1.82) is 0 Å². The lowest BCUT2D eigenvalue weighted by Gasteiger charge is -2.33. The maximum atomic E-state index is 11.7. The summed E-state index contributed by atoms with van der Waals surface area (Å²) < 4.78 is 5.27. The first-order chi connectivity index (χ1) is 8.48. The molecule has 1 aliphatic heterocycles. The molecule has 2 fully saturated rings. The minimum absolute atomic E-state index is 0.0877. The van der Waals surface area contributed by atoms with Gasteiger partial charge < -0.3 is 15.2 Å². The van der Waals surface area contributed by atoms with Gasteiger partial charge in [0.1, 0.15) is 0 Å². The zero-order valence-corrected chi connectivity index (χ0v) is 11.3. The molecule has 1 amide bonds. The monoisotopic (exact) mass is 256 g/mol. The predicted molar refractivity (Wildman–Crippen MR) is 68.2 cm³/mol. The molecule has 104 valence electrons. The van der Waals surface area contributed by atoms with Crippen molar-refractivity contribution in [3.63, 3.8) is 0 Å². The minimum Gasteiger partial charge on any atom is -0.387 e. The van der Waals surface area contributed by atoms with Gasteiger partial charge >= 0.3 is 0 Å². The van der Waals surface area contributed by atoms with Crippen LogP contribution in [-0.2, 0) is 9.53 Å². The molecule has 2 aliphatic rings. The molecule has 0 aromatic rings. The van der Waals surface area contributed by atoms with Crippen LogP contribution in [0.1, 0.15) is 20.3 Å². The van der Waals surface area contributed by atoms with E-state index >= 15 is 0 Å². The van der Waals surface area contributed by atoms with E-state index in [4.69, 9.17) is 4.74 Å². The number of aliphatic hydroxyl groups is 1. The Bertz CT molecular complexity index is 301. The van der Waals surface area contributed by atoms with Crippen molar-refractivity contribution in [3.05, 3.63) is 0 Å². The van der Waals surface area contributed by atoms with Gasteiger partial charge in [-0.25, -0.2) is 0 Å². The van der Waals surface area contributed by atoms with Crippen molar-refractivity contribution < 1.29 is 14.6 Å². The Morgan fingerprint density at radius 1 is 1.50 bits per heavy atom. The summed E-state index contributed by atoms with van der Waals surface area (Å²) in [6.07, 6.45) is 0.984. The maximum absolute atomic E-state index is 11.7. The molecular formula is C13H24N2O3. The fourth-order valence-electron chi connectivity index (χ4n) is 2.39. The Morgan fingerprint density at radius 2 is 2.11 bits per heavy atom. The van der Waals surface area contributed by atoms with Crippen LogP contribution < -0.4 is 5.32 Å². The molecule has 1 heterocycles. The van der Waals surface area contributed by atoms with E-state index in [2.05, 4.69) is 17.1 Å². The first-order valence-electron chi connectivity index (χ1n) is 6.78. The van der Waals surface area contributed by atoms with Crippen LogP contribution in [0.4, 0.5) is 0 Å². The first kappa shape index (κ1) is 13.8. The number of hydrogen-bond donors (Lipinski definition) is 2. The summed E-state index contributed by atoms with van der Waals surface area (Å²) in [5, 5.41) is 13.1. The zero-order chi connectivity index (χ0) is 13.2. The number of carbonyl (C=O) groups is 1. The topological polar surface area (TPSA) is 61.8 Å². The first-order valence-corrected chi connectivity index (χ1v) is 6.78. The smallest absolute Gasteiger partial charge is 0.223 e. The van der Waals surface area contributed by atoms with Crippen LogP contribution in [-0.4, -0.2) is 60.9 Å². The standard InChI is InChI=1S/C13H24N2O3/c1-10-7-11(10)12(16)14-8-13(2,17)9-15-3-5-18-6-4-15/h10-11,17H,3-9H2,1-2H3,(H,14,16). The van der Waals surface area contributed by atoms with Crippen LogP contribution in [0.5, 0.6) is 0 Å². The van der Waals surface area contributed by atoms with E-state index in [0.29, 0.717) is 19.0 Å². The Balaban J connectivity index is 1.70. The van der Waals surface area contributed by atoms with E-state index in [1.807, 2.05) is 0 Å². The number of amides is 1. The molecule has 0 spiro atoms. The van der Waals surface area contributed by atoms with Crippen LogP contribution in [0.25, 0.3) is 0 Å². The molecule has 2 N–H and O–H groups in total. The third-order valence-corrected chi connectivity index (χ3v) is 3.76. The number of nitrogens with zero attached hydrogens (tertiary/aromatic N) is 1. The summed E-state index contributed by atoms with van der Waals surface area (Å²) >= 11 is 0. The Labute approximate surface area is 108 Å². The van der Waals surface area contributed by atoms with E-state index in [9.17, 15) is 9.90 Å². The minimum atomic E-state index is -0.870. The summed E-state index contributed by atoms with van der Waals surface area (Å²) in [5.41, 5.74) is -0.870. The fraction of sp³-hybridized carbons (Fsp3) is 0.923. The summed E-state index contributed by atoms with van der Waals surface area (Å²) in [6.45, 7) is 7.91. The Kier molecular flexibility index (Phi) is 4.25. The van der Waals surface area contributed by atoms with Gasteiger partial charge in [0.05, 0.1) is 18.8 Å².